The Hall–Kier alpha value is -5.97. The maximum absolute atomic E-state index is 5.22. The first-order chi connectivity index (χ1) is 23.3. The summed E-state index contributed by atoms with van der Waals surface area (Å²) in [6.07, 6.45) is 3.69. The summed E-state index contributed by atoms with van der Waals surface area (Å²) >= 11 is 1.85. The molecule has 0 spiro atoms. The minimum Gasteiger partial charge on any atom is -0.264 e. The van der Waals surface area contributed by atoms with Crippen LogP contribution in [0.5, 0.6) is 0 Å². The fourth-order valence-electron chi connectivity index (χ4n) is 6.49. The lowest BCUT2D eigenvalue weighted by molar-refractivity contribution is 1.18. The summed E-state index contributed by atoms with van der Waals surface area (Å²) in [6.45, 7) is 0. The van der Waals surface area contributed by atoms with E-state index in [1.165, 1.54) is 36.7 Å². The van der Waals surface area contributed by atoms with Gasteiger partial charge in [0.15, 0.2) is 5.82 Å². The van der Waals surface area contributed by atoms with Crippen molar-refractivity contribution in [1.29, 1.82) is 0 Å². The summed E-state index contributed by atoms with van der Waals surface area (Å²) in [5.41, 5.74) is 9.33. The van der Waals surface area contributed by atoms with Crippen LogP contribution < -0.4 is 0 Å². The molecule has 3 nitrogen and oxygen atoms in total. The molecule has 9 aromatic rings. The van der Waals surface area contributed by atoms with Gasteiger partial charge in [0.2, 0.25) is 0 Å². The smallest absolute Gasteiger partial charge is 0.161 e. The normalized spacial score (nSPS) is 11.4. The second-order valence-corrected chi connectivity index (χ2v) is 12.7. The van der Waals surface area contributed by atoms with Crippen molar-refractivity contribution in [1.82, 2.24) is 15.0 Å². The molecule has 0 atom stereocenters. The molecule has 0 fully saturated rings. The second-order valence-electron chi connectivity index (χ2n) is 11.7. The van der Waals surface area contributed by atoms with Crippen LogP contribution in [0.3, 0.4) is 0 Å². The third kappa shape index (κ3) is 4.96. The maximum atomic E-state index is 5.22. The summed E-state index contributed by atoms with van der Waals surface area (Å²) in [5, 5.41) is 4.96. The number of fused-ring (bicyclic) bond motifs is 4. The SMILES string of the molecule is c1cncc(-c2ccccc2-c2nc(-c3ccc(-c4ccc5sc6ccccc6c5c4)cc3)cc(-c3cccc4ccccc34)n2)c1. The van der Waals surface area contributed by atoms with E-state index in [4.69, 9.17) is 9.97 Å². The molecule has 3 heterocycles. The van der Waals surface area contributed by atoms with E-state index in [-0.39, 0.29) is 0 Å². The van der Waals surface area contributed by atoms with Crippen LogP contribution >= 0.6 is 11.3 Å². The Balaban J connectivity index is 1.19. The van der Waals surface area contributed by atoms with Crippen molar-refractivity contribution in [3.8, 4) is 56.2 Å². The molecule has 0 aliphatic rings. The van der Waals surface area contributed by atoms with Crippen LogP contribution in [-0.2, 0) is 0 Å². The van der Waals surface area contributed by atoms with Crippen molar-refractivity contribution in [2.45, 2.75) is 0 Å². The van der Waals surface area contributed by atoms with Gasteiger partial charge in [0.25, 0.3) is 0 Å². The summed E-state index contributed by atoms with van der Waals surface area (Å²) < 4.78 is 2.63. The molecule has 3 aromatic heterocycles. The number of hydrogen-bond acceptors (Lipinski definition) is 4. The predicted molar refractivity (Wildman–Crippen MR) is 197 cm³/mol. The van der Waals surface area contributed by atoms with Crippen LogP contribution in [0.25, 0.3) is 87.1 Å². The van der Waals surface area contributed by atoms with Crippen molar-refractivity contribution in [3.63, 3.8) is 0 Å². The average Bonchev–Trinajstić information content (AvgIpc) is 3.53. The molecule has 6 aromatic carbocycles. The molecule has 220 valence electrons. The standard InChI is InChI=1S/C43H27N3S/c1-2-12-33-29(9-1)10-7-16-35(33)40-26-39(45-43(46-40)37-15-4-3-13-34(37)32-11-8-24-44-27-32)30-20-18-28(19-21-30)31-22-23-42-38(25-31)36-14-5-6-17-41(36)47-42/h1-27H. The highest BCUT2D eigenvalue weighted by molar-refractivity contribution is 7.25. The Morgan fingerprint density at radius 2 is 1.09 bits per heavy atom. The molecule has 0 aliphatic heterocycles. The zero-order valence-corrected chi connectivity index (χ0v) is 26.2. The Morgan fingerprint density at radius 3 is 1.96 bits per heavy atom. The van der Waals surface area contributed by atoms with Gasteiger partial charge in [-0.15, -0.1) is 11.3 Å². The molecule has 0 bridgehead atoms. The molecule has 4 heteroatoms. The number of rotatable bonds is 5. The number of pyridine rings is 1. The third-order valence-electron chi connectivity index (χ3n) is 8.82. The molecule has 0 saturated heterocycles. The first kappa shape index (κ1) is 27.3. The van der Waals surface area contributed by atoms with Gasteiger partial charge in [-0.05, 0) is 57.8 Å². The van der Waals surface area contributed by atoms with Crippen LogP contribution in [0.4, 0.5) is 0 Å². The quantitative estimate of drug-likeness (QED) is 0.193. The fraction of sp³-hybridized carbons (Fsp3) is 0. The molecule has 0 amide bonds. The van der Waals surface area contributed by atoms with Gasteiger partial charge in [-0.2, -0.15) is 0 Å². The van der Waals surface area contributed by atoms with Crippen LogP contribution in [0.2, 0.25) is 0 Å². The van der Waals surface area contributed by atoms with Crippen molar-refractivity contribution in [3.05, 3.63) is 164 Å². The van der Waals surface area contributed by atoms with E-state index in [0.717, 1.165) is 44.6 Å². The van der Waals surface area contributed by atoms with Crippen molar-refractivity contribution in [2.24, 2.45) is 0 Å². The first-order valence-electron chi connectivity index (χ1n) is 15.7. The van der Waals surface area contributed by atoms with Crippen LogP contribution in [0.15, 0.2) is 164 Å². The van der Waals surface area contributed by atoms with E-state index in [9.17, 15) is 0 Å². The highest BCUT2D eigenvalue weighted by Crippen LogP contribution is 2.38. The molecule has 0 saturated carbocycles. The summed E-state index contributed by atoms with van der Waals surface area (Å²) in [7, 11) is 0. The highest BCUT2D eigenvalue weighted by atomic mass is 32.1. The van der Waals surface area contributed by atoms with Crippen LogP contribution in [0, 0.1) is 0 Å². The number of thiophene rings is 1. The first-order valence-corrected chi connectivity index (χ1v) is 16.5. The van der Waals surface area contributed by atoms with E-state index in [1.807, 2.05) is 29.7 Å². The van der Waals surface area contributed by atoms with Crippen molar-refractivity contribution >= 4 is 42.3 Å². The molecule has 0 aliphatic carbocycles. The minimum absolute atomic E-state index is 0.684. The van der Waals surface area contributed by atoms with Gasteiger partial charge in [0, 0.05) is 54.8 Å². The van der Waals surface area contributed by atoms with Gasteiger partial charge in [-0.25, -0.2) is 9.97 Å². The summed E-state index contributed by atoms with van der Waals surface area (Å²) in [6, 6.07) is 53.5. The summed E-state index contributed by atoms with van der Waals surface area (Å²) in [4.78, 5) is 14.8. The molecule has 0 unspecified atom stereocenters. The van der Waals surface area contributed by atoms with Crippen molar-refractivity contribution in [2.75, 3.05) is 0 Å². The second kappa shape index (κ2) is 11.4. The van der Waals surface area contributed by atoms with E-state index in [2.05, 4.69) is 145 Å². The van der Waals surface area contributed by atoms with Crippen LogP contribution in [0.1, 0.15) is 0 Å². The topological polar surface area (TPSA) is 38.7 Å². The van der Waals surface area contributed by atoms with Gasteiger partial charge in [-0.1, -0.05) is 121 Å². The van der Waals surface area contributed by atoms with Gasteiger partial charge >= 0.3 is 0 Å². The Labute approximate surface area is 276 Å². The summed E-state index contributed by atoms with van der Waals surface area (Å²) in [5.74, 6) is 0.684. The monoisotopic (exact) mass is 617 g/mol. The zero-order valence-electron chi connectivity index (χ0n) is 25.3. The minimum atomic E-state index is 0.684. The Bertz CT molecular complexity index is 2560. The van der Waals surface area contributed by atoms with E-state index in [1.54, 1.807) is 6.20 Å². The molecule has 0 radical (unpaired) electrons. The predicted octanol–water partition coefficient (Wildman–Crippen LogP) is 11.7. The molecule has 47 heavy (non-hydrogen) atoms. The molecular weight excluding hydrogens is 591 g/mol. The number of aromatic nitrogens is 3. The Kier molecular flexibility index (Phi) is 6.65. The number of hydrogen-bond donors (Lipinski definition) is 0. The fourth-order valence-corrected chi connectivity index (χ4v) is 7.58. The van der Waals surface area contributed by atoms with Crippen molar-refractivity contribution < 1.29 is 0 Å². The van der Waals surface area contributed by atoms with Gasteiger partial charge in [-0.3, -0.25) is 4.98 Å². The third-order valence-corrected chi connectivity index (χ3v) is 9.97. The van der Waals surface area contributed by atoms with E-state index >= 15 is 0 Å². The highest BCUT2D eigenvalue weighted by Gasteiger charge is 2.16. The van der Waals surface area contributed by atoms with Crippen LogP contribution in [-0.4, -0.2) is 15.0 Å². The number of nitrogens with zero attached hydrogens (tertiary/aromatic N) is 3. The lowest BCUT2D eigenvalue weighted by Crippen LogP contribution is -1.98. The van der Waals surface area contributed by atoms with E-state index < -0.39 is 0 Å². The largest absolute Gasteiger partial charge is 0.264 e. The molecular formula is C43H27N3S. The number of benzene rings is 6. The van der Waals surface area contributed by atoms with Gasteiger partial charge in [0.1, 0.15) is 0 Å². The van der Waals surface area contributed by atoms with Gasteiger partial charge in [0.05, 0.1) is 11.4 Å². The maximum Gasteiger partial charge on any atom is 0.161 e. The molecule has 0 N–H and O–H groups in total. The van der Waals surface area contributed by atoms with Gasteiger partial charge < -0.3 is 0 Å². The Morgan fingerprint density at radius 1 is 0.404 bits per heavy atom. The van der Waals surface area contributed by atoms with E-state index in [0.29, 0.717) is 5.82 Å². The molecule has 9 rings (SSSR count). The zero-order chi connectivity index (χ0) is 31.2. The lowest BCUT2D eigenvalue weighted by Gasteiger charge is -2.14. The lowest BCUT2D eigenvalue weighted by atomic mass is 9.97. The average molecular weight is 618 g/mol.